The molecule has 0 spiro atoms. The van der Waals surface area contributed by atoms with E-state index in [4.69, 9.17) is 9.72 Å². The van der Waals surface area contributed by atoms with Crippen LogP contribution in [0.15, 0.2) is 42.6 Å². The summed E-state index contributed by atoms with van der Waals surface area (Å²) in [6.07, 6.45) is 1.98. The van der Waals surface area contributed by atoms with E-state index in [0.29, 0.717) is 0 Å². The minimum absolute atomic E-state index is 0.0577. The lowest BCUT2D eigenvalue weighted by Gasteiger charge is -2.14. The number of hydrogen-bond acceptors (Lipinski definition) is 2. The maximum atomic E-state index is 5.94. The minimum Gasteiger partial charge on any atom is -0.492 e. The molecular formula is C17H15NO. The van der Waals surface area contributed by atoms with E-state index >= 15 is 0 Å². The molecule has 0 fully saturated rings. The van der Waals surface area contributed by atoms with Gasteiger partial charge in [-0.2, -0.15) is 0 Å². The second-order valence-electron chi connectivity index (χ2n) is 5.86. The molecular weight excluding hydrogens is 234 g/mol. The average Bonchev–Trinajstić information content (AvgIpc) is 2.74. The Hall–Kier alpha value is -2.09. The first-order valence-corrected chi connectivity index (χ1v) is 6.60. The van der Waals surface area contributed by atoms with Gasteiger partial charge in [-0.15, -0.1) is 0 Å². The number of nitrogens with zero attached hydrogens (tertiary/aromatic N) is 1. The van der Waals surface area contributed by atoms with Crippen LogP contribution in [0.3, 0.4) is 0 Å². The van der Waals surface area contributed by atoms with Crippen molar-refractivity contribution >= 4 is 21.7 Å². The summed E-state index contributed by atoms with van der Waals surface area (Å²) in [5.41, 5.74) is 2.31. The molecule has 0 radical (unpaired) electrons. The van der Waals surface area contributed by atoms with Crippen LogP contribution in [0.2, 0.25) is 0 Å². The molecule has 0 saturated carbocycles. The Bertz CT molecular complexity index is 805. The van der Waals surface area contributed by atoms with Gasteiger partial charge in [0, 0.05) is 27.9 Å². The Kier molecular flexibility index (Phi) is 1.97. The zero-order valence-corrected chi connectivity index (χ0v) is 11.1. The van der Waals surface area contributed by atoms with Crippen LogP contribution in [0.5, 0.6) is 5.75 Å². The van der Waals surface area contributed by atoms with Crippen molar-refractivity contribution in [3.05, 3.63) is 48.2 Å². The smallest absolute Gasteiger partial charge is 0.134 e. The van der Waals surface area contributed by atoms with Crippen molar-refractivity contribution in [2.24, 2.45) is 0 Å². The van der Waals surface area contributed by atoms with Gasteiger partial charge in [-0.05, 0) is 11.5 Å². The standard InChI is InChI=1S/C17H15NO/c1-17(2)10-19-16-13-8-7-11-5-3-4-6-12(11)15(13)18-9-14(16)17/h3-9H,10H2,1-2H3. The highest BCUT2D eigenvalue weighted by atomic mass is 16.5. The van der Waals surface area contributed by atoms with Crippen molar-refractivity contribution < 1.29 is 4.74 Å². The van der Waals surface area contributed by atoms with Gasteiger partial charge in [0.2, 0.25) is 0 Å². The maximum absolute atomic E-state index is 5.94. The minimum atomic E-state index is 0.0577. The second-order valence-corrected chi connectivity index (χ2v) is 5.86. The summed E-state index contributed by atoms with van der Waals surface area (Å²) in [4.78, 5) is 4.70. The molecule has 2 aromatic carbocycles. The number of aromatic nitrogens is 1. The fourth-order valence-corrected chi connectivity index (χ4v) is 2.88. The number of rotatable bonds is 0. The van der Waals surface area contributed by atoms with E-state index in [9.17, 15) is 0 Å². The van der Waals surface area contributed by atoms with Gasteiger partial charge in [0.05, 0.1) is 12.1 Å². The summed E-state index contributed by atoms with van der Waals surface area (Å²) in [7, 11) is 0. The highest BCUT2D eigenvalue weighted by molar-refractivity contribution is 6.07. The van der Waals surface area contributed by atoms with Crippen molar-refractivity contribution in [3.63, 3.8) is 0 Å². The Morgan fingerprint density at radius 3 is 2.79 bits per heavy atom. The van der Waals surface area contributed by atoms with Crippen molar-refractivity contribution in [1.82, 2.24) is 4.98 Å². The third kappa shape index (κ3) is 1.40. The molecule has 0 unspecified atom stereocenters. The monoisotopic (exact) mass is 249 g/mol. The van der Waals surface area contributed by atoms with Gasteiger partial charge < -0.3 is 4.74 Å². The number of ether oxygens (including phenoxy) is 1. The molecule has 2 heterocycles. The topological polar surface area (TPSA) is 22.1 Å². The van der Waals surface area contributed by atoms with Crippen LogP contribution in [-0.2, 0) is 5.41 Å². The van der Waals surface area contributed by atoms with E-state index in [0.717, 1.165) is 23.3 Å². The molecule has 19 heavy (non-hydrogen) atoms. The first-order chi connectivity index (χ1) is 9.17. The molecule has 0 bridgehead atoms. The van der Waals surface area contributed by atoms with E-state index in [-0.39, 0.29) is 5.41 Å². The lowest BCUT2D eigenvalue weighted by molar-refractivity contribution is 0.293. The maximum Gasteiger partial charge on any atom is 0.134 e. The SMILES string of the molecule is CC1(C)COc2c1cnc1c2ccc2ccccc21. The number of pyridine rings is 1. The first-order valence-electron chi connectivity index (χ1n) is 6.60. The normalized spacial score (nSPS) is 16.5. The van der Waals surface area contributed by atoms with Crippen LogP contribution in [0.1, 0.15) is 19.4 Å². The number of fused-ring (bicyclic) bond motifs is 5. The summed E-state index contributed by atoms with van der Waals surface area (Å²) in [6, 6.07) is 12.6. The van der Waals surface area contributed by atoms with Crippen LogP contribution in [0.4, 0.5) is 0 Å². The quantitative estimate of drug-likeness (QED) is 0.560. The van der Waals surface area contributed by atoms with E-state index in [1.165, 1.54) is 16.3 Å². The largest absolute Gasteiger partial charge is 0.492 e. The third-order valence-corrected chi connectivity index (χ3v) is 4.02. The molecule has 0 atom stereocenters. The molecule has 1 aromatic heterocycles. The van der Waals surface area contributed by atoms with E-state index in [1.54, 1.807) is 0 Å². The highest BCUT2D eigenvalue weighted by Gasteiger charge is 2.33. The van der Waals surface area contributed by atoms with E-state index in [2.05, 4.69) is 50.2 Å². The summed E-state index contributed by atoms with van der Waals surface area (Å²) in [5, 5.41) is 3.54. The molecule has 0 N–H and O–H groups in total. The molecule has 4 rings (SSSR count). The van der Waals surface area contributed by atoms with Crippen molar-refractivity contribution in [3.8, 4) is 5.75 Å². The van der Waals surface area contributed by atoms with E-state index in [1.807, 2.05) is 6.20 Å². The molecule has 94 valence electrons. The fourth-order valence-electron chi connectivity index (χ4n) is 2.88. The predicted molar refractivity (Wildman–Crippen MR) is 77.8 cm³/mol. The lowest BCUT2D eigenvalue weighted by Crippen LogP contribution is -2.18. The summed E-state index contributed by atoms with van der Waals surface area (Å²) < 4.78 is 5.94. The molecule has 1 aliphatic rings. The molecule has 0 amide bonds. The first kappa shape index (κ1) is 10.8. The fraction of sp³-hybridized carbons (Fsp3) is 0.235. The summed E-state index contributed by atoms with van der Waals surface area (Å²) >= 11 is 0. The second kappa shape index (κ2) is 3.47. The van der Waals surface area contributed by atoms with Crippen LogP contribution in [0.25, 0.3) is 21.7 Å². The Balaban J connectivity index is 2.15. The Morgan fingerprint density at radius 2 is 1.89 bits per heavy atom. The molecule has 2 nitrogen and oxygen atoms in total. The van der Waals surface area contributed by atoms with Gasteiger partial charge in [-0.25, -0.2) is 0 Å². The number of hydrogen-bond donors (Lipinski definition) is 0. The van der Waals surface area contributed by atoms with Crippen LogP contribution < -0.4 is 4.74 Å². The molecule has 0 aliphatic carbocycles. The van der Waals surface area contributed by atoms with Crippen molar-refractivity contribution in [2.45, 2.75) is 19.3 Å². The van der Waals surface area contributed by atoms with Gasteiger partial charge in [0.1, 0.15) is 5.75 Å². The van der Waals surface area contributed by atoms with Crippen molar-refractivity contribution in [1.29, 1.82) is 0 Å². The summed E-state index contributed by atoms with van der Waals surface area (Å²) in [6.45, 7) is 5.14. The molecule has 1 aliphatic heterocycles. The molecule has 0 saturated heterocycles. The van der Waals surface area contributed by atoms with Gasteiger partial charge in [0.15, 0.2) is 0 Å². The lowest BCUT2D eigenvalue weighted by atomic mass is 9.87. The van der Waals surface area contributed by atoms with Crippen LogP contribution in [0, 0.1) is 0 Å². The Labute approximate surface area is 112 Å². The van der Waals surface area contributed by atoms with Crippen LogP contribution in [-0.4, -0.2) is 11.6 Å². The number of benzene rings is 2. The van der Waals surface area contributed by atoms with E-state index < -0.39 is 0 Å². The van der Waals surface area contributed by atoms with Crippen LogP contribution >= 0.6 is 0 Å². The molecule has 2 heteroatoms. The molecule has 3 aromatic rings. The van der Waals surface area contributed by atoms with Gasteiger partial charge in [-0.1, -0.05) is 44.2 Å². The Morgan fingerprint density at radius 1 is 1.05 bits per heavy atom. The third-order valence-electron chi connectivity index (χ3n) is 4.02. The van der Waals surface area contributed by atoms with Gasteiger partial charge in [-0.3, -0.25) is 4.98 Å². The van der Waals surface area contributed by atoms with Crippen molar-refractivity contribution in [2.75, 3.05) is 6.61 Å². The summed E-state index contributed by atoms with van der Waals surface area (Å²) in [5.74, 6) is 1.01. The zero-order valence-electron chi connectivity index (χ0n) is 11.1. The average molecular weight is 249 g/mol. The highest BCUT2D eigenvalue weighted by Crippen LogP contribution is 2.43. The zero-order chi connectivity index (χ0) is 13.0. The van der Waals surface area contributed by atoms with Gasteiger partial charge in [0.25, 0.3) is 0 Å². The van der Waals surface area contributed by atoms with Gasteiger partial charge >= 0.3 is 0 Å². The predicted octanol–water partition coefficient (Wildman–Crippen LogP) is 4.06.